The van der Waals surface area contributed by atoms with Gasteiger partial charge in [0, 0.05) is 6.42 Å². The number of unbranched alkanes of at least 4 members (excludes halogenated alkanes) is 36. The SMILES string of the molecule is CCCCCCCCCC/C=C/CC/C=C/C(O)C(CO)NC(=O)CCCCCCCCCCCCCCCCCCCCCCCCCCCCCC. The fourth-order valence-electron chi connectivity index (χ4n) is 7.67. The van der Waals surface area contributed by atoms with Gasteiger partial charge in [-0.3, -0.25) is 4.79 Å². The first kappa shape index (κ1) is 52.9. The van der Waals surface area contributed by atoms with E-state index < -0.39 is 12.1 Å². The van der Waals surface area contributed by atoms with Crippen molar-refractivity contribution < 1.29 is 15.0 Å². The molecule has 0 saturated heterocycles. The quantitative estimate of drug-likeness (QED) is 0.0428. The van der Waals surface area contributed by atoms with Gasteiger partial charge in [-0.15, -0.1) is 0 Å². The second-order valence-corrected chi connectivity index (χ2v) is 16.9. The van der Waals surface area contributed by atoms with Crippen molar-refractivity contribution in [3.63, 3.8) is 0 Å². The van der Waals surface area contributed by atoms with E-state index in [1.54, 1.807) is 6.08 Å². The van der Waals surface area contributed by atoms with Gasteiger partial charge in [-0.05, 0) is 32.1 Å². The molecule has 0 saturated carbocycles. The highest BCUT2D eigenvalue weighted by Crippen LogP contribution is 2.17. The molecule has 0 bridgehead atoms. The Morgan fingerprint density at radius 2 is 0.722 bits per heavy atom. The summed E-state index contributed by atoms with van der Waals surface area (Å²) in [5.41, 5.74) is 0. The van der Waals surface area contributed by atoms with E-state index in [4.69, 9.17) is 0 Å². The van der Waals surface area contributed by atoms with Crippen molar-refractivity contribution in [1.29, 1.82) is 0 Å². The number of aliphatic hydroxyl groups excluding tert-OH is 2. The largest absolute Gasteiger partial charge is 0.394 e. The lowest BCUT2D eigenvalue weighted by atomic mass is 10.0. The highest BCUT2D eigenvalue weighted by molar-refractivity contribution is 5.76. The number of hydrogen-bond acceptors (Lipinski definition) is 3. The Kier molecular flexibility index (Phi) is 45.3. The van der Waals surface area contributed by atoms with Crippen LogP contribution in [0.5, 0.6) is 0 Å². The van der Waals surface area contributed by atoms with E-state index in [1.807, 2.05) is 6.08 Å². The lowest BCUT2D eigenvalue weighted by molar-refractivity contribution is -0.123. The van der Waals surface area contributed by atoms with Crippen LogP contribution in [0.4, 0.5) is 0 Å². The molecule has 320 valence electrons. The van der Waals surface area contributed by atoms with Crippen LogP contribution in [0.15, 0.2) is 24.3 Å². The summed E-state index contributed by atoms with van der Waals surface area (Å²) in [5, 5.41) is 23.0. The molecule has 0 radical (unpaired) electrons. The number of nitrogens with one attached hydrogen (secondary N) is 1. The van der Waals surface area contributed by atoms with Gasteiger partial charge < -0.3 is 15.5 Å². The van der Waals surface area contributed by atoms with Crippen LogP contribution in [0, 0.1) is 0 Å². The number of carbonyl (C=O) groups is 1. The highest BCUT2D eigenvalue weighted by atomic mass is 16.3. The maximum atomic E-state index is 12.4. The zero-order valence-electron chi connectivity index (χ0n) is 36.8. The van der Waals surface area contributed by atoms with Crippen molar-refractivity contribution >= 4 is 5.91 Å². The summed E-state index contributed by atoms with van der Waals surface area (Å²) in [4.78, 5) is 12.4. The van der Waals surface area contributed by atoms with Gasteiger partial charge in [0.2, 0.25) is 5.91 Å². The molecule has 0 aromatic carbocycles. The number of allylic oxidation sites excluding steroid dienone is 3. The topological polar surface area (TPSA) is 69.6 Å². The molecule has 2 atom stereocenters. The third kappa shape index (κ3) is 42.0. The second kappa shape index (κ2) is 46.3. The van der Waals surface area contributed by atoms with Gasteiger partial charge in [-0.25, -0.2) is 0 Å². The van der Waals surface area contributed by atoms with Crippen molar-refractivity contribution in [2.45, 2.75) is 283 Å². The highest BCUT2D eigenvalue weighted by Gasteiger charge is 2.17. The van der Waals surface area contributed by atoms with Gasteiger partial charge in [-0.1, -0.05) is 256 Å². The molecule has 4 nitrogen and oxygen atoms in total. The maximum absolute atomic E-state index is 12.4. The zero-order valence-corrected chi connectivity index (χ0v) is 36.8. The lowest BCUT2D eigenvalue weighted by Gasteiger charge is -2.19. The van der Waals surface area contributed by atoms with E-state index in [0.29, 0.717) is 6.42 Å². The molecule has 4 heteroatoms. The molecule has 3 N–H and O–H groups in total. The predicted octanol–water partition coefficient (Wildman–Crippen LogP) is 15.6. The Morgan fingerprint density at radius 1 is 0.426 bits per heavy atom. The van der Waals surface area contributed by atoms with Crippen molar-refractivity contribution in [1.82, 2.24) is 5.32 Å². The van der Waals surface area contributed by atoms with E-state index in [9.17, 15) is 15.0 Å². The number of carbonyl (C=O) groups excluding carboxylic acids is 1. The van der Waals surface area contributed by atoms with E-state index in [1.165, 1.54) is 218 Å². The fourth-order valence-corrected chi connectivity index (χ4v) is 7.67. The normalized spacial score (nSPS) is 13.0. The van der Waals surface area contributed by atoms with Crippen LogP contribution in [0.1, 0.15) is 271 Å². The molecule has 0 aliphatic heterocycles. The molecular formula is C50H97NO3. The Labute approximate surface area is 339 Å². The van der Waals surface area contributed by atoms with Gasteiger partial charge in [-0.2, -0.15) is 0 Å². The van der Waals surface area contributed by atoms with Crippen molar-refractivity contribution in [2.75, 3.05) is 6.61 Å². The summed E-state index contributed by atoms with van der Waals surface area (Å²) in [6.45, 7) is 4.31. The smallest absolute Gasteiger partial charge is 0.220 e. The van der Waals surface area contributed by atoms with Crippen LogP contribution < -0.4 is 5.32 Å². The minimum Gasteiger partial charge on any atom is -0.394 e. The first-order valence-electron chi connectivity index (χ1n) is 24.6. The predicted molar refractivity (Wildman–Crippen MR) is 239 cm³/mol. The molecule has 0 aliphatic carbocycles. The third-order valence-corrected chi connectivity index (χ3v) is 11.4. The molecule has 54 heavy (non-hydrogen) atoms. The standard InChI is InChI=1S/C50H97NO3/c1-3-5-7-9-11-13-15-17-19-20-21-22-23-24-25-26-27-28-29-30-31-32-34-36-38-40-42-44-46-50(54)51-48(47-52)49(53)45-43-41-39-37-35-33-18-16-14-12-10-8-6-4-2/h35,37,43,45,48-49,52-53H,3-34,36,38-42,44,46-47H2,1-2H3,(H,51,54)/b37-35+,45-43+. The number of amides is 1. The molecule has 2 unspecified atom stereocenters. The van der Waals surface area contributed by atoms with Gasteiger partial charge in [0.15, 0.2) is 0 Å². The summed E-state index contributed by atoms with van der Waals surface area (Å²) in [5.74, 6) is -0.0693. The van der Waals surface area contributed by atoms with E-state index in [0.717, 1.165) is 32.1 Å². The average molecular weight is 760 g/mol. The first-order valence-corrected chi connectivity index (χ1v) is 24.6. The van der Waals surface area contributed by atoms with Crippen LogP contribution in [0.2, 0.25) is 0 Å². The van der Waals surface area contributed by atoms with Crippen molar-refractivity contribution in [2.24, 2.45) is 0 Å². The van der Waals surface area contributed by atoms with Crippen LogP contribution >= 0.6 is 0 Å². The summed E-state index contributed by atoms with van der Waals surface area (Å²) in [7, 11) is 0. The number of hydrogen-bond donors (Lipinski definition) is 3. The molecule has 0 spiro atoms. The molecule has 0 rings (SSSR count). The Morgan fingerprint density at radius 3 is 1.07 bits per heavy atom. The lowest BCUT2D eigenvalue weighted by Crippen LogP contribution is -2.45. The van der Waals surface area contributed by atoms with Crippen LogP contribution in [-0.4, -0.2) is 34.9 Å². The monoisotopic (exact) mass is 760 g/mol. The molecule has 0 aliphatic rings. The van der Waals surface area contributed by atoms with Crippen LogP contribution in [0.3, 0.4) is 0 Å². The van der Waals surface area contributed by atoms with Crippen molar-refractivity contribution in [3.8, 4) is 0 Å². The van der Waals surface area contributed by atoms with Gasteiger partial charge >= 0.3 is 0 Å². The minimum absolute atomic E-state index is 0.0693. The van der Waals surface area contributed by atoms with Gasteiger partial charge in [0.05, 0.1) is 18.8 Å². The Hall–Kier alpha value is -1.13. The summed E-state index contributed by atoms with van der Waals surface area (Å²) < 4.78 is 0. The number of rotatable bonds is 45. The van der Waals surface area contributed by atoms with Crippen LogP contribution in [0.25, 0.3) is 0 Å². The molecule has 0 fully saturated rings. The summed E-state index contributed by atoms with van der Waals surface area (Å²) in [6, 6.07) is -0.634. The molecule has 0 heterocycles. The Bertz CT molecular complexity index is 780. The van der Waals surface area contributed by atoms with E-state index in [2.05, 4.69) is 31.3 Å². The fraction of sp³-hybridized carbons (Fsp3) is 0.900. The summed E-state index contributed by atoms with van der Waals surface area (Å²) >= 11 is 0. The van der Waals surface area contributed by atoms with Crippen molar-refractivity contribution in [3.05, 3.63) is 24.3 Å². The third-order valence-electron chi connectivity index (χ3n) is 11.4. The van der Waals surface area contributed by atoms with Gasteiger partial charge in [0.25, 0.3) is 0 Å². The minimum atomic E-state index is -0.857. The molecule has 0 aromatic heterocycles. The molecular weight excluding hydrogens is 663 g/mol. The second-order valence-electron chi connectivity index (χ2n) is 16.9. The van der Waals surface area contributed by atoms with Crippen LogP contribution in [-0.2, 0) is 4.79 Å². The number of aliphatic hydroxyl groups is 2. The van der Waals surface area contributed by atoms with E-state index in [-0.39, 0.29) is 12.5 Å². The molecule has 1 amide bonds. The van der Waals surface area contributed by atoms with E-state index >= 15 is 0 Å². The summed E-state index contributed by atoms with van der Waals surface area (Å²) in [6.07, 6.45) is 60.3. The first-order chi connectivity index (χ1) is 26.7. The zero-order chi connectivity index (χ0) is 39.3. The molecule has 0 aromatic rings. The Balaban J connectivity index is 3.46. The van der Waals surface area contributed by atoms with Gasteiger partial charge in [0.1, 0.15) is 0 Å². The average Bonchev–Trinajstić information content (AvgIpc) is 3.18. The maximum Gasteiger partial charge on any atom is 0.220 e.